The molecule has 0 aliphatic carbocycles. The van der Waals surface area contributed by atoms with Gasteiger partial charge in [-0.1, -0.05) is 240 Å². The molecule has 0 rings (SSSR count). The number of unbranched alkanes of at least 4 members (excludes halogenated alkanes) is 28. The van der Waals surface area contributed by atoms with Crippen LogP contribution in [0.15, 0.2) is 0 Å². The van der Waals surface area contributed by atoms with Gasteiger partial charge in [0.1, 0.15) is 13.2 Å². The van der Waals surface area contributed by atoms with Gasteiger partial charge in [-0.15, -0.1) is 0 Å². The Morgan fingerprint density at radius 1 is 0.351 bits per heavy atom. The summed E-state index contributed by atoms with van der Waals surface area (Å²) in [7, 11) is 0. The fourth-order valence-electron chi connectivity index (χ4n) is 7.57. The third-order valence-electron chi connectivity index (χ3n) is 12.2. The largest absolute Gasteiger partial charge is 0.462 e. The quantitative estimate of drug-likeness (QED) is 0.0346. The molecule has 0 saturated carbocycles. The maximum Gasteiger partial charge on any atom is 0.306 e. The molecule has 3 atom stereocenters. The van der Waals surface area contributed by atoms with E-state index in [9.17, 15) is 14.4 Å². The lowest BCUT2D eigenvalue weighted by Gasteiger charge is -2.18. The van der Waals surface area contributed by atoms with E-state index in [2.05, 4.69) is 34.6 Å². The van der Waals surface area contributed by atoms with Crippen LogP contribution in [0.5, 0.6) is 0 Å². The second kappa shape index (κ2) is 44.0. The second-order valence-electron chi connectivity index (χ2n) is 17.9. The summed E-state index contributed by atoms with van der Waals surface area (Å²) in [4.78, 5) is 37.6. The summed E-state index contributed by atoms with van der Waals surface area (Å²) in [6.07, 6.45) is 44.1. The van der Waals surface area contributed by atoms with E-state index in [-0.39, 0.29) is 31.1 Å². The minimum absolute atomic E-state index is 0.0657. The van der Waals surface area contributed by atoms with Crippen molar-refractivity contribution in [3.8, 4) is 0 Å². The molecule has 0 aromatic rings. The Morgan fingerprint density at radius 2 is 0.614 bits per heavy atom. The molecule has 0 aliphatic rings. The number of hydrogen-bond acceptors (Lipinski definition) is 6. The summed E-state index contributed by atoms with van der Waals surface area (Å²) < 4.78 is 16.6. The number of esters is 3. The second-order valence-corrected chi connectivity index (χ2v) is 17.9. The highest BCUT2D eigenvalue weighted by Gasteiger charge is 2.19. The van der Waals surface area contributed by atoms with Crippen LogP contribution in [0.1, 0.15) is 279 Å². The van der Waals surface area contributed by atoms with Crippen LogP contribution in [-0.4, -0.2) is 37.2 Å². The fraction of sp³-hybridized carbons (Fsp3) is 0.941. The van der Waals surface area contributed by atoms with E-state index in [1.54, 1.807) is 0 Å². The predicted octanol–water partition coefficient (Wildman–Crippen LogP) is 16.1. The lowest BCUT2D eigenvalue weighted by Crippen LogP contribution is -2.30. The average molecular weight is 807 g/mol. The first kappa shape index (κ1) is 55.4. The molecular formula is C51H98O6. The Bertz CT molecular complexity index is 874. The monoisotopic (exact) mass is 807 g/mol. The molecule has 0 bridgehead atoms. The summed E-state index contributed by atoms with van der Waals surface area (Å²) >= 11 is 0. The molecule has 0 aromatic heterocycles. The highest BCUT2D eigenvalue weighted by atomic mass is 16.6. The number of carbonyl (C=O) groups is 3. The topological polar surface area (TPSA) is 78.9 Å². The zero-order valence-corrected chi connectivity index (χ0v) is 39.0. The van der Waals surface area contributed by atoms with E-state index in [4.69, 9.17) is 14.2 Å². The van der Waals surface area contributed by atoms with E-state index >= 15 is 0 Å². The zero-order chi connectivity index (χ0) is 41.9. The molecule has 0 aliphatic heterocycles. The molecule has 0 aromatic carbocycles. The maximum absolute atomic E-state index is 12.6. The van der Waals surface area contributed by atoms with E-state index in [0.29, 0.717) is 19.3 Å². The van der Waals surface area contributed by atoms with E-state index in [0.717, 1.165) is 76.0 Å². The lowest BCUT2D eigenvalue weighted by atomic mass is 9.99. The smallest absolute Gasteiger partial charge is 0.306 e. The summed E-state index contributed by atoms with van der Waals surface area (Å²) in [6.45, 7) is 11.3. The summed E-state index contributed by atoms with van der Waals surface area (Å²) in [5.74, 6) is 0.891. The van der Waals surface area contributed by atoms with Gasteiger partial charge in [-0.25, -0.2) is 0 Å². The fourth-order valence-corrected chi connectivity index (χ4v) is 7.57. The molecule has 0 fully saturated rings. The molecular weight excluding hydrogens is 709 g/mol. The van der Waals surface area contributed by atoms with Gasteiger partial charge in [0.25, 0.3) is 0 Å². The zero-order valence-electron chi connectivity index (χ0n) is 39.0. The van der Waals surface area contributed by atoms with Gasteiger partial charge >= 0.3 is 17.9 Å². The van der Waals surface area contributed by atoms with Crippen LogP contribution in [0.2, 0.25) is 0 Å². The van der Waals surface area contributed by atoms with Crippen LogP contribution in [-0.2, 0) is 28.6 Å². The van der Waals surface area contributed by atoms with Crippen molar-refractivity contribution in [2.45, 2.75) is 285 Å². The van der Waals surface area contributed by atoms with Crippen LogP contribution >= 0.6 is 0 Å². The predicted molar refractivity (Wildman–Crippen MR) is 243 cm³/mol. The Morgan fingerprint density at radius 3 is 0.912 bits per heavy atom. The van der Waals surface area contributed by atoms with Gasteiger partial charge in [0.15, 0.2) is 6.10 Å². The Labute approximate surface area is 355 Å². The van der Waals surface area contributed by atoms with Crippen molar-refractivity contribution in [2.24, 2.45) is 11.8 Å². The van der Waals surface area contributed by atoms with Crippen molar-refractivity contribution < 1.29 is 28.6 Å². The van der Waals surface area contributed by atoms with Gasteiger partial charge in [0.2, 0.25) is 0 Å². The lowest BCUT2D eigenvalue weighted by molar-refractivity contribution is -0.167. The van der Waals surface area contributed by atoms with Crippen LogP contribution < -0.4 is 0 Å². The first-order valence-electron chi connectivity index (χ1n) is 25.3. The van der Waals surface area contributed by atoms with Crippen molar-refractivity contribution >= 4 is 17.9 Å². The molecule has 6 heteroatoms. The summed E-state index contributed by atoms with van der Waals surface area (Å²) in [5, 5.41) is 0. The molecule has 2 unspecified atom stereocenters. The van der Waals surface area contributed by atoms with Crippen LogP contribution in [0.25, 0.3) is 0 Å². The molecule has 338 valence electrons. The molecule has 6 nitrogen and oxygen atoms in total. The third kappa shape index (κ3) is 42.3. The van der Waals surface area contributed by atoms with Gasteiger partial charge in [-0.3, -0.25) is 14.4 Å². The molecule has 0 N–H and O–H groups in total. The minimum Gasteiger partial charge on any atom is -0.462 e. The number of hydrogen-bond donors (Lipinski definition) is 0. The Balaban J connectivity index is 4.01. The van der Waals surface area contributed by atoms with Crippen molar-refractivity contribution in [3.05, 3.63) is 0 Å². The molecule has 0 amide bonds. The van der Waals surface area contributed by atoms with Gasteiger partial charge in [-0.2, -0.15) is 0 Å². The normalized spacial score (nSPS) is 13.0. The van der Waals surface area contributed by atoms with Gasteiger partial charge in [0.05, 0.1) is 0 Å². The van der Waals surface area contributed by atoms with Gasteiger partial charge in [0, 0.05) is 19.3 Å². The van der Waals surface area contributed by atoms with Crippen LogP contribution in [0, 0.1) is 11.8 Å². The van der Waals surface area contributed by atoms with E-state index in [1.165, 1.54) is 161 Å². The maximum atomic E-state index is 12.6. The molecule has 0 heterocycles. The third-order valence-corrected chi connectivity index (χ3v) is 12.2. The molecule has 0 saturated heterocycles. The summed E-state index contributed by atoms with van der Waals surface area (Å²) in [5.41, 5.74) is 0. The minimum atomic E-state index is -0.759. The molecule has 0 radical (unpaired) electrons. The van der Waals surface area contributed by atoms with Gasteiger partial charge < -0.3 is 14.2 Å². The van der Waals surface area contributed by atoms with Gasteiger partial charge in [-0.05, 0) is 31.1 Å². The van der Waals surface area contributed by atoms with E-state index in [1.807, 2.05) is 0 Å². The number of carbonyl (C=O) groups excluding carboxylic acids is 3. The Kier molecular flexibility index (Phi) is 42.7. The Hall–Kier alpha value is -1.59. The van der Waals surface area contributed by atoms with Crippen molar-refractivity contribution in [3.63, 3.8) is 0 Å². The summed E-state index contributed by atoms with van der Waals surface area (Å²) in [6, 6.07) is 0. The number of ether oxygens (including phenoxy) is 3. The first-order valence-corrected chi connectivity index (χ1v) is 25.3. The molecule has 57 heavy (non-hydrogen) atoms. The van der Waals surface area contributed by atoms with Crippen LogP contribution in [0.3, 0.4) is 0 Å². The highest BCUT2D eigenvalue weighted by molar-refractivity contribution is 5.71. The van der Waals surface area contributed by atoms with Crippen LogP contribution in [0.4, 0.5) is 0 Å². The molecule has 0 spiro atoms. The van der Waals surface area contributed by atoms with Crippen molar-refractivity contribution in [1.29, 1.82) is 0 Å². The van der Waals surface area contributed by atoms with Crippen molar-refractivity contribution in [1.82, 2.24) is 0 Å². The SMILES string of the molecule is CCCCCCCC(=O)O[C@@H](COC(=O)CCCCCCCCCCCCCCCCCCCCC(C)CC)COC(=O)CCCCCCCCCCC(C)CC. The average Bonchev–Trinajstić information content (AvgIpc) is 3.21. The first-order chi connectivity index (χ1) is 27.8. The van der Waals surface area contributed by atoms with Crippen molar-refractivity contribution in [2.75, 3.05) is 13.2 Å². The highest BCUT2D eigenvalue weighted by Crippen LogP contribution is 2.18. The standard InChI is InChI=1S/C51H98O6/c1-6-9-10-29-38-43-51(54)57-48(45-56-50(53)42-37-33-28-24-23-26-31-35-40-47(5)8-3)44-55-49(52)41-36-32-27-22-20-18-16-14-12-11-13-15-17-19-21-25-30-34-39-46(4)7-2/h46-48H,6-45H2,1-5H3/t46?,47?,48-/m0/s1. The van der Waals surface area contributed by atoms with E-state index < -0.39 is 6.10 Å². The number of rotatable bonds is 45.